The fourth-order valence-corrected chi connectivity index (χ4v) is 3.30. The lowest BCUT2D eigenvalue weighted by molar-refractivity contribution is 0.160. The van der Waals surface area contributed by atoms with Crippen molar-refractivity contribution < 1.29 is 9.47 Å². The summed E-state index contributed by atoms with van der Waals surface area (Å²) in [4.78, 5) is 11.9. The van der Waals surface area contributed by atoms with Crippen LogP contribution in [0.2, 0.25) is 0 Å². The summed E-state index contributed by atoms with van der Waals surface area (Å²) < 4.78 is 10.9. The lowest BCUT2D eigenvalue weighted by Crippen LogP contribution is -2.29. The fourth-order valence-electron chi connectivity index (χ4n) is 3.30. The van der Waals surface area contributed by atoms with Crippen molar-refractivity contribution in [2.24, 2.45) is 5.41 Å². The topological polar surface area (TPSA) is 47.5 Å². The Morgan fingerprint density at radius 1 is 1.32 bits per heavy atom. The van der Waals surface area contributed by atoms with Crippen molar-refractivity contribution in [1.29, 1.82) is 0 Å². The highest BCUT2D eigenvalue weighted by Gasteiger charge is 2.41. The first-order valence-electron chi connectivity index (χ1n) is 8.12. The van der Waals surface area contributed by atoms with Crippen LogP contribution in [0.1, 0.15) is 45.1 Å². The number of hydrogen-bond acceptors (Lipinski definition) is 5. The van der Waals surface area contributed by atoms with Crippen molar-refractivity contribution in [3.8, 4) is 0 Å². The van der Waals surface area contributed by atoms with Gasteiger partial charge in [0.15, 0.2) is 0 Å². The number of nitrogens with zero attached hydrogens (tertiary/aromatic N) is 3. The van der Waals surface area contributed by atoms with E-state index in [1.165, 1.54) is 12.8 Å². The van der Waals surface area contributed by atoms with Gasteiger partial charge in [0.2, 0.25) is 0 Å². The lowest BCUT2D eigenvalue weighted by atomic mass is 9.87. The number of rotatable bonds is 3. The van der Waals surface area contributed by atoms with Crippen LogP contribution >= 0.6 is 0 Å². The molecular formula is C17H27N3O2. The third kappa shape index (κ3) is 3.10. The summed E-state index contributed by atoms with van der Waals surface area (Å²) in [6, 6.07) is 2.08. The van der Waals surface area contributed by atoms with E-state index in [2.05, 4.69) is 36.7 Å². The Kier molecular flexibility index (Phi) is 4.12. The summed E-state index contributed by atoms with van der Waals surface area (Å²) in [6.45, 7) is 10.9. The molecule has 1 spiro atoms. The average molecular weight is 305 g/mol. The molecule has 0 aromatic carbocycles. The maximum Gasteiger partial charge on any atom is 0.136 e. The van der Waals surface area contributed by atoms with Crippen molar-refractivity contribution >= 4 is 5.82 Å². The number of anilines is 1. The SMILES string of the molecule is COCc1cc(N2CCC3(CCOC3)C2)nc(C(C)(C)C)n1. The van der Waals surface area contributed by atoms with Gasteiger partial charge in [-0.05, 0) is 12.8 Å². The van der Waals surface area contributed by atoms with E-state index in [0.717, 1.165) is 43.6 Å². The Labute approximate surface area is 133 Å². The minimum Gasteiger partial charge on any atom is -0.381 e. The monoisotopic (exact) mass is 305 g/mol. The zero-order chi connectivity index (χ0) is 15.8. The van der Waals surface area contributed by atoms with Gasteiger partial charge in [-0.25, -0.2) is 9.97 Å². The quantitative estimate of drug-likeness (QED) is 0.859. The fraction of sp³-hybridized carbons (Fsp3) is 0.765. The van der Waals surface area contributed by atoms with Crippen molar-refractivity contribution in [3.05, 3.63) is 17.6 Å². The van der Waals surface area contributed by atoms with E-state index in [1.54, 1.807) is 7.11 Å². The van der Waals surface area contributed by atoms with Gasteiger partial charge < -0.3 is 14.4 Å². The molecule has 3 rings (SSSR count). The molecule has 0 amide bonds. The van der Waals surface area contributed by atoms with Crippen molar-refractivity contribution in [3.63, 3.8) is 0 Å². The van der Waals surface area contributed by atoms with Gasteiger partial charge in [-0.15, -0.1) is 0 Å². The van der Waals surface area contributed by atoms with Crippen molar-refractivity contribution in [1.82, 2.24) is 9.97 Å². The highest BCUT2D eigenvalue weighted by molar-refractivity contribution is 5.42. The Bertz CT molecular complexity index is 533. The summed E-state index contributed by atoms with van der Waals surface area (Å²) >= 11 is 0. The molecule has 1 aromatic heterocycles. The number of methoxy groups -OCH3 is 1. The molecule has 0 N–H and O–H groups in total. The van der Waals surface area contributed by atoms with Crippen LogP contribution in [0.3, 0.4) is 0 Å². The van der Waals surface area contributed by atoms with Crippen LogP contribution in [-0.4, -0.2) is 43.4 Å². The standard InChI is InChI=1S/C17H27N3O2/c1-16(2,3)15-18-13(10-21-4)9-14(19-15)20-7-5-17(11-20)6-8-22-12-17/h9H,5-8,10-12H2,1-4H3. The summed E-state index contributed by atoms with van der Waals surface area (Å²) in [5.74, 6) is 1.93. The van der Waals surface area contributed by atoms with Gasteiger partial charge in [-0.1, -0.05) is 20.8 Å². The Hall–Kier alpha value is -1.20. The second-order valence-corrected chi connectivity index (χ2v) is 7.70. The highest BCUT2D eigenvalue weighted by Crippen LogP contribution is 2.39. The predicted octanol–water partition coefficient (Wildman–Crippen LogP) is 2.54. The zero-order valence-corrected chi connectivity index (χ0v) is 14.2. The van der Waals surface area contributed by atoms with Gasteiger partial charge >= 0.3 is 0 Å². The summed E-state index contributed by atoms with van der Waals surface area (Å²) in [5, 5.41) is 0. The second kappa shape index (κ2) is 5.78. The first-order valence-corrected chi connectivity index (χ1v) is 8.12. The summed E-state index contributed by atoms with van der Waals surface area (Å²) in [7, 11) is 1.71. The third-order valence-corrected chi connectivity index (χ3v) is 4.68. The molecule has 5 heteroatoms. The van der Waals surface area contributed by atoms with E-state index in [-0.39, 0.29) is 5.41 Å². The molecule has 1 atom stereocenters. The molecule has 3 heterocycles. The largest absolute Gasteiger partial charge is 0.381 e. The van der Waals surface area contributed by atoms with Crippen LogP contribution in [0.5, 0.6) is 0 Å². The van der Waals surface area contributed by atoms with E-state index < -0.39 is 0 Å². The minimum absolute atomic E-state index is 0.0631. The molecule has 0 radical (unpaired) electrons. The molecule has 1 unspecified atom stereocenters. The van der Waals surface area contributed by atoms with Gasteiger partial charge in [0.05, 0.1) is 18.9 Å². The van der Waals surface area contributed by atoms with Crippen LogP contribution in [-0.2, 0) is 21.5 Å². The molecule has 22 heavy (non-hydrogen) atoms. The average Bonchev–Trinajstić information content (AvgIpc) is 3.09. The van der Waals surface area contributed by atoms with Gasteiger partial charge in [-0.2, -0.15) is 0 Å². The van der Waals surface area contributed by atoms with Gasteiger partial charge in [-0.3, -0.25) is 0 Å². The summed E-state index contributed by atoms with van der Waals surface area (Å²) in [6.07, 6.45) is 2.37. The molecule has 2 fully saturated rings. The zero-order valence-electron chi connectivity index (χ0n) is 14.2. The van der Waals surface area contributed by atoms with Crippen LogP contribution in [0.15, 0.2) is 6.07 Å². The minimum atomic E-state index is -0.0631. The first-order chi connectivity index (χ1) is 10.4. The Morgan fingerprint density at radius 2 is 2.14 bits per heavy atom. The number of hydrogen-bond donors (Lipinski definition) is 0. The third-order valence-electron chi connectivity index (χ3n) is 4.68. The predicted molar refractivity (Wildman–Crippen MR) is 86.1 cm³/mol. The van der Waals surface area contributed by atoms with Crippen LogP contribution in [0.25, 0.3) is 0 Å². The summed E-state index contributed by atoms with van der Waals surface area (Å²) in [5.41, 5.74) is 1.24. The molecule has 122 valence electrons. The maximum atomic E-state index is 5.63. The molecule has 2 aliphatic rings. The van der Waals surface area contributed by atoms with Gasteiger partial charge in [0, 0.05) is 43.7 Å². The van der Waals surface area contributed by atoms with Gasteiger partial charge in [0.25, 0.3) is 0 Å². The van der Waals surface area contributed by atoms with E-state index in [9.17, 15) is 0 Å². The first kappa shape index (κ1) is 15.7. The Balaban J connectivity index is 1.88. The molecular weight excluding hydrogens is 278 g/mol. The molecule has 0 bridgehead atoms. The molecule has 2 aliphatic heterocycles. The normalized spacial score (nSPS) is 25.4. The smallest absolute Gasteiger partial charge is 0.136 e. The van der Waals surface area contributed by atoms with E-state index >= 15 is 0 Å². The van der Waals surface area contributed by atoms with Gasteiger partial charge in [0.1, 0.15) is 11.6 Å². The van der Waals surface area contributed by atoms with Crippen molar-refractivity contribution in [2.45, 2.75) is 45.6 Å². The lowest BCUT2D eigenvalue weighted by Gasteiger charge is -2.25. The van der Waals surface area contributed by atoms with Crippen molar-refractivity contribution in [2.75, 3.05) is 38.3 Å². The number of aromatic nitrogens is 2. The second-order valence-electron chi connectivity index (χ2n) is 7.70. The highest BCUT2D eigenvalue weighted by atomic mass is 16.5. The molecule has 1 aromatic rings. The Morgan fingerprint density at radius 3 is 2.77 bits per heavy atom. The molecule has 0 aliphatic carbocycles. The number of ether oxygens (including phenoxy) is 2. The van der Waals surface area contributed by atoms with Crippen LogP contribution < -0.4 is 4.90 Å². The van der Waals surface area contributed by atoms with Crippen LogP contribution in [0, 0.1) is 5.41 Å². The van der Waals surface area contributed by atoms with E-state index in [1.807, 2.05) is 0 Å². The molecule has 2 saturated heterocycles. The van der Waals surface area contributed by atoms with E-state index in [0.29, 0.717) is 12.0 Å². The van der Waals surface area contributed by atoms with E-state index in [4.69, 9.17) is 14.5 Å². The van der Waals surface area contributed by atoms with Crippen LogP contribution in [0.4, 0.5) is 5.82 Å². The molecule has 5 nitrogen and oxygen atoms in total. The molecule has 0 saturated carbocycles. The maximum absolute atomic E-state index is 5.63.